The number of halogens is 3. The lowest BCUT2D eigenvalue weighted by Gasteiger charge is -1.98. The second-order valence-electron chi connectivity index (χ2n) is 3.88. The molecular weight excluding hydrogens is 258 g/mol. The van der Waals surface area contributed by atoms with Crippen LogP contribution in [-0.4, -0.2) is 9.97 Å². The maximum atomic E-state index is 13.1. The third-order valence-corrected chi connectivity index (χ3v) is 2.93. The van der Waals surface area contributed by atoms with Crippen molar-refractivity contribution in [1.82, 2.24) is 9.97 Å². The van der Waals surface area contributed by atoms with Crippen LogP contribution in [0.1, 0.15) is 0 Å². The Hall–Kier alpha value is -1.94. The van der Waals surface area contributed by atoms with Gasteiger partial charge in [0.05, 0.1) is 16.1 Å². The number of fused-ring (bicyclic) bond motifs is 1. The van der Waals surface area contributed by atoms with E-state index in [0.717, 1.165) is 0 Å². The van der Waals surface area contributed by atoms with E-state index in [1.807, 2.05) is 0 Å². The van der Waals surface area contributed by atoms with Crippen molar-refractivity contribution in [3.05, 3.63) is 53.1 Å². The highest BCUT2D eigenvalue weighted by Gasteiger charge is 2.08. The molecule has 0 amide bonds. The van der Waals surface area contributed by atoms with Gasteiger partial charge in [0.25, 0.3) is 0 Å². The summed E-state index contributed by atoms with van der Waals surface area (Å²) in [5.74, 6) is -0.296. The molecule has 0 saturated carbocycles. The zero-order valence-electron chi connectivity index (χ0n) is 9.05. The van der Waals surface area contributed by atoms with Crippen LogP contribution in [0.2, 0.25) is 5.02 Å². The molecule has 1 N–H and O–H groups in total. The molecule has 3 aromatic rings. The van der Waals surface area contributed by atoms with Crippen LogP contribution in [0.25, 0.3) is 22.4 Å². The zero-order valence-corrected chi connectivity index (χ0v) is 9.80. The molecule has 0 saturated heterocycles. The SMILES string of the molecule is Fc1ccc2nc(-c3ccc(F)c(Cl)c3)[nH]c2c1. The Morgan fingerprint density at radius 3 is 2.67 bits per heavy atom. The van der Waals surface area contributed by atoms with Crippen molar-refractivity contribution in [3.63, 3.8) is 0 Å². The molecule has 0 fully saturated rings. The molecule has 0 radical (unpaired) electrons. The Kier molecular flexibility index (Phi) is 2.52. The minimum Gasteiger partial charge on any atom is -0.338 e. The second-order valence-corrected chi connectivity index (χ2v) is 4.28. The number of nitrogens with one attached hydrogen (secondary N) is 1. The van der Waals surface area contributed by atoms with E-state index in [-0.39, 0.29) is 10.8 Å². The zero-order chi connectivity index (χ0) is 12.7. The molecule has 0 bridgehead atoms. The Bertz CT molecular complexity index is 737. The first kappa shape index (κ1) is 11.2. The Morgan fingerprint density at radius 2 is 1.89 bits per heavy atom. The van der Waals surface area contributed by atoms with Gasteiger partial charge >= 0.3 is 0 Å². The summed E-state index contributed by atoms with van der Waals surface area (Å²) in [6.07, 6.45) is 0. The van der Waals surface area contributed by atoms with Gasteiger partial charge < -0.3 is 4.98 Å². The first-order chi connectivity index (χ1) is 8.63. The normalized spacial score (nSPS) is 11.1. The summed E-state index contributed by atoms with van der Waals surface area (Å²) in [6.45, 7) is 0. The second kappa shape index (κ2) is 4.07. The fourth-order valence-electron chi connectivity index (χ4n) is 1.76. The van der Waals surface area contributed by atoms with E-state index in [1.54, 1.807) is 12.1 Å². The molecule has 2 aromatic carbocycles. The van der Waals surface area contributed by atoms with Crippen LogP contribution >= 0.6 is 11.6 Å². The number of imidazole rings is 1. The van der Waals surface area contributed by atoms with Crippen LogP contribution in [-0.2, 0) is 0 Å². The van der Waals surface area contributed by atoms with Gasteiger partial charge in [0, 0.05) is 5.56 Å². The van der Waals surface area contributed by atoms with Crippen molar-refractivity contribution >= 4 is 22.6 Å². The van der Waals surface area contributed by atoms with E-state index < -0.39 is 5.82 Å². The number of rotatable bonds is 1. The molecule has 0 spiro atoms. The Balaban J connectivity index is 2.16. The van der Waals surface area contributed by atoms with Gasteiger partial charge in [-0.1, -0.05) is 11.6 Å². The number of benzene rings is 2. The summed E-state index contributed by atoms with van der Waals surface area (Å²) in [5, 5.41) is 0.0270. The largest absolute Gasteiger partial charge is 0.338 e. The standard InChI is InChI=1S/C13H7ClF2N2/c14-9-5-7(1-3-10(9)16)13-17-11-4-2-8(15)6-12(11)18-13/h1-6H,(H,17,18). The summed E-state index contributed by atoms with van der Waals surface area (Å²) in [7, 11) is 0. The van der Waals surface area contributed by atoms with Crippen molar-refractivity contribution in [2.75, 3.05) is 0 Å². The van der Waals surface area contributed by atoms with Crippen molar-refractivity contribution in [3.8, 4) is 11.4 Å². The fraction of sp³-hybridized carbons (Fsp3) is 0. The molecule has 0 atom stereocenters. The molecule has 0 aliphatic carbocycles. The highest BCUT2D eigenvalue weighted by atomic mass is 35.5. The van der Waals surface area contributed by atoms with Gasteiger partial charge in [-0.25, -0.2) is 13.8 Å². The van der Waals surface area contributed by atoms with Gasteiger partial charge in [-0.15, -0.1) is 0 Å². The summed E-state index contributed by atoms with van der Waals surface area (Å²) in [5.41, 5.74) is 1.88. The average molecular weight is 265 g/mol. The van der Waals surface area contributed by atoms with Gasteiger partial charge in [0.1, 0.15) is 17.5 Å². The molecule has 0 unspecified atom stereocenters. The van der Waals surface area contributed by atoms with Crippen LogP contribution in [0.15, 0.2) is 36.4 Å². The lowest BCUT2D eigenvalue weighted by atomic mass is 10.2. The number of hydrogen-bond acceptors (Lipinski definition) is 1. The molecule has 0 aliphatic heterocycles. The molecule has 90 valence electrons. The van der Waals surface area contributed by atoms with E-state index in [4.69, 9.17) is 11.6 Å². The quantitative estimate of drug-likeness (QED) is 0.702. The minimum absolute atomic E-state index is 0.0270. The highest BCUT2D eigenvalue weighted by molar-refractivity contribution is 6.31. The first-order valence-corrected chi connectivity index (χ1v) is 5.62. The number of aromatic amines is 1. The van der Waals surface area contributed by atoms with Crippen molar-refractivity contribution in [1.29, 1.82) is 0 Å². The molecule has 18 heavy (non-hydrogen) atoms. The van der Waals surface area contributed by atoms with Gasteiger partial charge in [-0.05, 0) is 36.4 Å². The van der Waals surface area contributed by atoms with Gasteiger partial charge in [0.2, 0.25) is 0 Å². The predicted molar refractivity (Wildman–Crippen MR) is 66.5 cm³/mol. The molecule has 5 heteroatoms. The van der Waals surface area contributed by atoms with Crippen molar-refractivity contribution < 1.29 is 8.78 Å². The number of hydrogen-bond donors (Lipinski definition) is 1. The van der Waals surface area contributed by atoms with Crippen LogP contribution in [0.4, 0.5) is 8.78 Å². The third-order valence-electron chi connectivity index (χ3n) is 2.64. The fourth-order valence-corrected chi connectivity index (χ4v) is 1.94. The van der Waals surface area contributed by atoms with E-state index in [0.29, 0.717) is 22.4 Å². The summed E-state index contributed by atoms with van der Waals surface area (Å²) >= 11 is 5.71. The topological polar surface area (TPSA) is 28.7 Å². The number of H-pyrrole nitrogens is 1. The molecular formula is C13H7ClF2N2. The maximum absolute atomic E-state index is 13.1. The van der Waals surface area contributed by atoms with Crippen molar-refractivity contribution in [2.45, 2.75) is 0 Å². The number of nitrogens with zero attached hydrogens (tertiary/aromatic N) is 1. The molecule has 1 aromatic heterocycles. The first-order valence-electron chi connectivity index (χ1n) is 5.24. The van der Waals surface area contributed by atoms with Crippen LogP contribution < -0.4 is 0 Å². The summed E-state index contributed by atoms with van der Waals surface area (Å²) in [4.78, 5) is 7.26. The molecule has 1 heterocycles. The Morgan fingerprint density at radius 1 is 1.06 bits per heavy atom. The van der Waals surface area contributed by atoms with E-state index >= 15 is 0 Å². The van der Waals surface area contributed by atoms with Gasteiger partial charge in [-0.3, -0.25) is 0 Å². The molecule has 2 nitrogen and oxygen atoms in total. The van der Waals surface area contributed by atoms with Gasteiger partial charge in [0.15, 0.2) is 0 Å². The summed E-state index contributed by atoms with van der Waals surface area (Å²) < 4.78 is 26.1. The monoisotopic (exact) mass is 264 g/mol. The van der Waals surface area contributed by atoms with E-state index in [1.165, 1.54) is 24.3 Å². The lowest BCUT2D eigenvalue weighted by Crippen LogP contribution is -1.82. The average Bonchev–Trinajstić information content (AvgIpc) is 2.75. The highest BCUT2D eigenvalue weighted by Crippen LogP contribution is 2.25. The number of aromatic nitrogens is 2. The molecule has 3 rings (SSSR count). The van der Waals surface area contributed by atoms with Crippen LogP contribution in [0.5, 0.6) is 0 Å². The predicted octanol–water partition coefficient (Wildman–Crippen LogP) is 4.16. The lowest BCUT2D eigenvalue weighted by molar-refractivity contribution is 0.628. The summed E-state index contributed by atoms with van der Waals surface area (Å²) in [6, 6.07) is 8.59. The van der Waals surface area contributed by atoms with E-state index in [2.05, 4.69) is 9.97 Å². The van der Waals surface area contributed by atoms with Gasteiger partial charge in [-0.2, -0.15) is 0 Å². The van der Waals surface area contributed by atoms with Crippen LogP contribution in [0, 0.1) is 11.6 Å². The molecule has 0 aliphatic rings. The van der Waals surface area contributed by atoms with E-state index in [9.17, 15) is 8.78 Å². The maximum Gasteiger partial charge on any atom is 0.141 e. The minimum atomic E-state index is -0.484. The third kappa shape index (κ3) is 1.84. The van der Waals surface area contributed by atoms with Crippen LogP contribution in [0.3, 0.4) is 0 Å². The Labute approximate surface area is 106 Å². The van der Waals surface area contributed by atoms with Crippen molar-refractivity contribution in [2.24, 2.45) is 0 Å². The smallest absolute Gasteiger partial charge is 0.141 e.